The Kier molecular flexibility index (Phi) is 12.3. The third-order valence-corrected chi connectivity index (χ3v) is 11.3. The first-order valence-electron chi connectivity index (χ1n) is 17.3. The highest BCUT2D eigenvalue weighted by Gasteiger charge is 2.39. The van der Waals surface area contributed by atoms with Crippen molar-refractivity contribution in [1.29, 1.82) is 0 Å². The number of nitrogens with zero attached hydrogens (tertiary/aromatic N) is 5. The van der Waals surface area contributed by atoms with Crippen LogP contribution in [0.2, 0.25) is 10.0 Å². The van der Waals surface area contributed by atoms with E-state index in [4.69, 9.17) is 32.7 Å². The summed E-state index contributed by atoms with van der Waals surface area (Å²) in [6.45, 7) is 0.261. The van der Waals surface area contributed by atoms with Gasteiger partial charge in [0, 0.05) is 58.1 Å². The number of esters is 1. The van der Waals surface area contributed by atoms with Gasteiger partial charge in [-0.1, -0.05) is 29.3 Å². The van der Waals surface area contributed by atoms with E-state index in [1.165, 1.54) is 53.1 Å². The van der Waals surface area contributed by atoms with Crippen LogP contribution in [0.15, 0.2) is 48.8 Å². The molecule has 0 radical (unpaired) electrons. The first-order chi connectivity index (χ1) is 25.7. The van der Waals surface area contributed by atoms with Crippen molar-refractivity contribution in [1.82, 2.24) is 19.7 Å². The van der Waals surface area contributed by atoms with Crippen molar-refractivity contribution in [3.05, 3.63) is 81.1 Å². The van der Waals surface area contributed by atoms with Crippen LogP contribution in [-0.2, 0) is 26.0 Å². The molecule has 290 valence electrons. The number of anilines is 1. The number of hydrogen-bond acceptors (Lipinski definition) is 11. The van der Waals surface area contributed by atoms with E-state index >= 15 is 0 Å². The maximum absolute atomic E-state index is 13.6. The van der Waals surface area contributed by atoms with Crippen molar-refractivity contribution in [3.8, 4) is 11.5 Å². The van der Waals surface area contributed by atoms with Crippen LogP contribution in [0.3, 0.4) is 0 Å². The summed E-state index contributed by atoms with van der Waals surface area (Å²) in [5.41, 5.74) is 0.835. The van der Waals surface area contributed by atoms with Crippen LogP contribution in [0.25, 0.3) is 0 Å². The minimum absolute atomic E-state index is 0.00281. The van der Waals surface area contributed by atoms with Gasteiger partial charge in [-0.15, -0.1) is 0 Å². The van der Waals surface area contributed by atoms with Crippen LogP contribution in [0.1, 0.15) is 50.8 Å². The van der Waals surface area contributed by atoms with E-state index < -0.39 is 47.1 Å². The quantitative estimate of drug-likeness (QED) is 0.144. The first kappa shape index (κ1) is 39.6. The number of hydrogen-bond donors (Lipinski definition) is 0. The summed E-state index contributed by atoms with van der Waals surface area (Å²) in [4.78, 5) is 49.7. The molecule has 2 aliphatic heterocycles. The average molecular weight is 811 g/mol. The number of carbonyl (C=O) groups excluding carboxylic acids is 3. The molecule has 1 saturated heterocycles. The normalized spacial score (nSPS) is 17.1. The number of imide groups is 1. The number of ether oxygens (including phenoxy) is 3. The summed E-state index contributed by atoms with van der Waals surface area (Å²) in [6.07, 6.45) is 4.43. The van der Waals surface area contributed by atoms with Gasteiger partial charge in [0.15, 0.2) is 11.5 Å². The van der Waals surface area contributed by atoms with Crippen LogP contribution in [-0.4, -0.2) is 118 Å². The van der Waals surface area contributed by atoms with Crippen LogP contribution < -0.4 is 13.8 Å². The zero-order valence-electron chi connectivity index (χ0n) is 29.6. The van der Waals surface area contributed by atoms with Crippen molar-refractivity contribution in [2.75, 3.05) is 70.0 Å². The van der Waals surface area contributed by atoms with Gasteiger partial charge in [0.2, 0.25) is 10.0 Å². The van der Waals surface area contributed by atoms with Crippen LogP contribution in [0, 0.1) is 5.92 Å². The van der Waals surface area contributed by atoms with E-state index in [0.29, 0.717) is 17.7 Å². The number of pyridine rings is 1. The summed E-state index contributed by atoms with van der Waals surface area (Å²) in [5.74, 6) is -2.46. The Morgan fingerprint density at radius 3 is 2.31 bits per heavy atom. The molecule has 6 rings (SSSR count). The van der Waals surface area contributed by atoms with Gasteiger partial charge in [-0.3, -0.25) is 33.5 Å². The third kappa shape index (κ3) is 9.58. The zero-order chi connectivity index (χ0) is 38.7. The second kappa shape index (κ2) is 16.7. The molecular formula is C36H39Cl2F2N5O8S. The third-order valence-electron chi connectivity index (χ3n) is 9.49. The number of piperazine rings is 1. The van der Waals surface area contributed by atoms with Crippen LogP contribution in [0.5, 0.6) is 11.5 Å². The van der Waals surface area contributed by atoms with Crippen molar-refractivity contribution in [2.45, 2.75) is 32.0 Å². The predicted octanol–water partition coefficient (Wildman–Crippen LogP) is 4.92. The van der Waals surface area contributed by atoms with Crippen molar-refractivity contribution in [2.24, 2.45) is 5.92 Å². The number of rotatable bonds is 16. The van der Waals surface area contributed by atoms with Gasteiger partial charge >= 0.3 is 12.6 Å². The maximum atomic E-state index is 13.6. The fourth-order valence-electron chi connectivity index (χ4n) is 6.26. The Hall–Kier alpha value is -4.09. The van der Waals surface area contributed by atoms with Gasteiger partial charge < -0.3 is 19.1 Å². The number of likely N-dealkylation sites (N-methyl/N-ethyl adjacent to an activating group) is 1. The highest BCUT2D eigenvalue weighted by Crippen LogP contribution is 2.38. The van der Waals surface area contributed by atoms with Crippen molar-refractivity contribution >= 4 is 56.7 Å². The molecule has 0 spiro atoms. The number of amides is 2. The van der Waals surface area contributed by atoms with Crippen molar-refractivity contribution in [3.63, 3.8) is 0 Å². The summed E-state index contributed by atoms with van der Waals surface area (Å²) in [5, 5.41) is 0.350. The summed E-state index contributed by atoms with van der Waals surface area (Å²) < 4.78 is 69.7. The SMILES string of the molecule is CN1CCN(CCN(c2ccc3c(c2)C(=O)N(CC(=O)O[C@@H](Cc2c(Cl)cncc2Cl)c2ccc(OC(F)F)c(OCC4CC4)c2)C3=O)S(C)(=O)=O)CC1. The molecule has 1 aliphatic carbocycles. The van der Waals surface area contributed by atoms with Gasteiger partial charge in [0.05, 0.1) is 39.7 Å². The summed E-state index contributed by atoms with van der Waals surface area (Å²) in [7, 11) is -1.74. The van der Waals surface area contributed by atoms with Gasteiger partial charge in [-0.2, -0.15) is 8.78 Å². The Morgan fingerprint density at radius 1 is 0.981 bits per heavy atom. The molecule has 13 nitrogen and oxygen atoms in total. The van der Waals surface area contributed by atoms with Crippen molar-refractivity contribution < 1.29 is 45.8 Å². The zero-order valence-corrected chi connectivity index (χ0v) is 31.9. The predicted molar refractivity (Wildman–Crippen MR) is 196 cm³/mol. The Balaban J connectivity index is 1.21. The molecule has 3 heterocycles. The van der Waals surface area contributed by atoms with Crippen LogP contribution in [0.4, 0.5) is 14.5 Å². The summed E-state index contributed by atoms with van der Waals surface area (Å²) in [6, 6.07) is 8.28. The molecule has 2 fully saturated rings. The van der Waals surface area contributed by atoms with E-state index in [2.05, 4.69) is 19.5 Å². The van der Waals surface area contributed by atoms with Gasteiger partial charge in [0.25, 0.3) is 11.8 Å². The molecule has 54 heavy (non-hydrogen) atoms. The molecular weight excluding hydrogens is 771 g/mol. The highest BCUT2D eigenvalue weighted by molar-refractivity contribution is 7.92. The molecule has 0 bridgehead atoms. The van der Waals surface area contributed by atoms with E-state index in [1.54, 1.807) is 0 Å². The van der Waals surface area contributed by atoms with Gasteiger partial charge in [-0.25, -0.2) is 8.42 Å². The molecule has 1 atom stereocenters. The largest absolute Gasteiger partial charge is 0.489 e. The summed E-state index contributed by atoms with van der Waals surface area (Å²) >= 11 is 12.8. The van der Waals surface area contributed by atoms with Crippen LogP contribution >= 0.6 is 23.2 Å². The lowest BCUT2D eigenvalue weighted by Crippen LogP contribution is -2.47. The second-order valence-electron chi connectivity index (χ2n) is 13.5. The van der Waals surface area contributed by atoms with E-state index in [1.807, 2.05) is 7.05 Å². The molecule has 1 saturated carbocycles. The minimum Gasteiger partial charge on any atom is -0.489 e. The number of carbonyl (C=O) groups is 3. The fraction of sp³-hybridized carbons (Fsp3) is 0.444. The van der Waals surface area contributed by atoms with E-state index in [9.17, 15) is 31.6 Å². The number of benzene rings is 2. The topological polar surface area (TPSA) is 139 Å². The lowest BCUT2D eigenvalue weighted by molar-refractivity contribution is -0.149. The Labute approximate surface area is 321 Å². The molecule has 0 unspecified atom stereocenters. The molecule has 3 aliphatic rings. The second-order valence-corrected chi connectivity index (χ2v) is 16.2. The Morgan fingerprint density at radius 2 is 1.67 bits per heavy atom. The fourth-order valence-corrected chi connectivity index (χ4v) is 7.69. The number of aromatic nitrogens is 1. The van der Waals surface area contributed by atoms with E-state index in [0.717, 1.165) is 50.2 Å². The monoisotopic (exact) mass is 809 g/mol. The smallest absolute Gasteiger partial charge is 0.387 e. The standard InChI is InChI=1S/C36H39Cl2F2N5O8S/c1-42-9-11-43(12-10-42)13-14-45(54(2,49)50)24-6-7-25-26(16-24)35(48)44(34(25)47)20-33(46)52-31(17-27-28(37)18-41-19-29(27)38)23-5-8-30(53-36(39)40)32(15-23)51-21-22-3-4-22/h5-8,15-16,18-19,22,31,36H,3-4,9-14,17,20-21H2,1-2H3/t31-/m0/s1. The molecule has 18 heteroatoms. The first-order valence-corrected chi connectivity index (χ1v) is 19.9. The molecule has 2 aromatic carbocycles. The molecule has 0 N–H and O–H groups in total. The highest BCUT2D eigenvalue weighted by atomic mass is 35.5. The lowest BCUT2D eigenvalue weighted by Gasteiger charge is -2.34. The number of sulfonamides is 1. The molecule has 2 amide bonds. The minimum atomic E-state index is -3.76. The van der Waals surface area contributed by atoms with Gasteiger partial charge in [-0.05, 0) is 67.3 Å². The molecule has 3 aromatic rings. The van der Waals surface area contributed by atoms with Gasteiger partial charge in [0.1, 0.15) is 12.6 Å². The number of halogens is 4. The number of fused-ring (bicyclic) bond motifs is 1. The molecule has 1 aromatic heterocycles. The Bertz CT molecular complexity index is 1990. The number of alkyl halides is 2. The maximum Gasteiger partial charge on any atom is 0.387 e. The van der Waals surface area contributed by atoms with E-state index in [-0.39, 0.29) is 63.8 Å². The average Bonchev–Trinajstić information content (AvgIpc) is 3.92. The lowest BCUT2D eigenvalue weighted by atomic mass is 10.0.